The van der Waals surface area contributed by atoms with Gasteiger partial charge in [-0.15, -0.1) is 11.3 Å². The summed E-state index contributed by atoms with van der Waals surface area (Å²) in [5.74, 6) is -0.275. The third-order valence-electron chi connectivity index (χ3n) is 3.87. The zero-order valence-electron chi connectivity index (χ0n) is 14.4. The number of benzene rings is 1. The molecule has 0 bridgehead atoms. The van der Waals surface area contributed by atoms with Crippen molar-refractivity contribution < 1.29 is 4.79 Å². The first-order valence-electron chi connectivity index (χ1n) is 8.05. The zero-order chi connectivity index (χ0) is 18.7. The molecule has 2 aromatic heterocycles. The number of hydrogen-bond donors (Lipinski definition) is 2. The molecule has 0 saturated carbocycles. The van der Waals surface area contributed by atoms with E-state index in [1.165, 1.54) is 17.4 Å². The van der Waals surface area contributed by atoms with Gasteiger partial charge in [0.1, 0.15) is 0 Å². The van der Waals surface area contributed by atoms with E-state index in [4.69, 9.17) is 0 Å². The molecule has 134 valence electrons. The molecule has 26 heavy (non-hydrogen) atoms. The molecule has 0 aliphatic heterocycles. The molecule has 0 unspecified atom stereocenters. The molecule has 1 aromatic carbocycles. The van der Waals surface area contributed by atoms with Crippen LogP contribution in [0.25, 0.3) is 11.3 Å². The van der Waals surface area contributed by atoms with Gasteiger partial charge in [-0.3, -0.25) is 19.5 Å². The molecule has 2 heterocycles. The SMILES string of the molecule is Cc1ccc(C)c(-c2csc(NC(=O)CCn3[nH]c(=O)ccc3=O)n2)c1. The van der Waals surface area contributed by atoms with E-state index >= 15 is 0 Å². The molecule has 3 rings (SSSR count). The Morgan fingerprint density at radius 2 is 2.04 bits per heavy atom. The van der Waals surface area contributed by atoms with Crippen molar-refractivity contribution in [3.63, 3.8) is 0 Å². The molecule has 8 heteroatoms. The van der Waals surface area contributed by atoms with Gasteiger partial charge in [-0.25, -0.2) is 9.67 Å². The Morgan fingerprint density at radius 1 is 1.23 bits per heavy atom. The quantitative estimate of drug-likeness (QED) is 0.720. The highest BCUT2D eigenvalue weighted by Crippen LogP contribution is 2.28. The third-order valence-corrected chi connectivity index (χ3v) is 4.63. The highest BCUT2D eigenvalue weighted by Gasteiger charge is 2.10. The van der Waals surface area contributed by atoms with E-state index < -0.39 is 0 Å². The van der Waals surface area contributed by atoms with Crippen LogP contribution in [0.1, 0.15) is 17.5 Å². The molecule has 0 aliphatic rings. The van der Waals surface area contributed by atoms with Crippen LogP contribution in [0.4, 0.5) is 5.13 Å². The van der Waals surface area contributed by atoms with E-state index in [9.17, 15) is 14.4 Å². The number of H-pyrrole nitrogens is 1. The summed E-state index contributed by atoms with van der Waals surface area (Å²) in [5.41, 5.74) is 3.37. The number of carbonyl (C=O) groups is 1. The number of nitrogens with zero attached hydrogens (tertiary/aromatic N) is 2. The second-order valence-electron chi connectivity index (χ2n) is 5.95. The van der Waals surface area contributed by atoms with Crippen LogP contribution in [0.15, 0.2) is 45.3 Å². The van der Waals surface area contributed by atoms with E-state index in [1.54, 1.807) is 0 Å². The normalized spacial score (nSPS) is 10.7. The Hall–Kier alpha value is -3.00. The smallest absolute Gasteiger partial charge is 0.265 e. The van der Waals surface area contributed by atoms with E-state index in [2.05, 4.69) is 21.5 Å². The predicted molar refractivity (Wildman–Crippen MR) is 102 cm³/mol. The van der Waals surface area contributed by atoms with E-state index in [1.807, 2.05) is 31.4 Å². The van der Waals surface area contributed by atoms with Gasteiger partial charge in [-0.2, -0.15) is 0 Å². The van der Waals surface area contributed by atoms with Gasteiger partial charge in [0.2, 0.25) is 5.91 Å². The van der Waals surface area contributed by atoms with Crippen molar-refractivity contribution in [2.75, 3.05) is 5.32 Å². The van der Waals surface area contributed by atoms with Gasteiger partial charge in [0.15, 0.2) is 5.13 Å². The third kappa shape index (κ3) is 4.15. The van der Waals surface area contributed by atoms with E-state index in [0.717, 1.165) is 33.1 Å². The Bertz CT molecular complexity index is 1060. The van der Waals surface area contributed by atoms with E-state index in [-0.39, 0.29) is 30.0 Å². The summed E-state index contributed by atoms with van der Waals surface area (Å²) in [7, 11) is 0. The van der Waals surface area contributed by atoms with E-state index in [0.29, 0.717) is 5.13 Å². The second kappa shape index (κ2) is 7.49. The van der Waals surface area contributed by atoms with Gasteiger partial charge >= 0.3 is 0 Å². The van der Waals surface area contributed by atoms with Crippen molar-refractivity contribution in [2.24, 2.45) is 0 Å². The fourth-order valence-electron chi connectivity index (χ4n) is 2.49. The summed E-state index contributed by atoms with van der Waals surface area (Å²) in [6.45, 7) is 4.13. The van der Waals surface area contributed by atoms with Crippen LogP contribution in [0.2, 0.25) is 0 Å². The largest absolute Gasteiger partial charge is 0.302 e. The molecular weight excluding hydrogens is 352 g/mol. The average molecular weight is 370 g/mol. The summed E-state index contributed by atoms with van der Waals surface area (Å²) < 4.78 is 1.12. The van der Waals surface area contributed by atoms with Crippen molar-refractivity contribution in [2.45, 2.75) is 26.8 Å². The van der Waals surface area contributed by atoms with Gasteiger partial charge in [0, 0.05) is 29.5 Å². The lowest BCUT2D eigenvalue weighted by Gasteiger charge is -2.05. The Balaban J connectivity index is 1.66. The topological polar surface area (TPSA) is 96.9 Å². The Morgan fingerprint density at radius 3 is 2.85 bits per heavy atom. The minimum absolute atomic E-state index is 0.0538. The molecule has 3 aromatic rings. The standard InChI is InChI=1S/C18H18N4O3S/c1-11-3-4-12(2)13(9-11)14-10-26-18(19-14)20-15(23)7-8-22-17(25)6-5-16(24)21-22/h3-6,9-10H,7-8H2,1-2H3,(H,21,24)(H,19,20,23). The zero-order valence-corrected chi connectivity index (χ0v) is 15.2. The maximum absolute atomic E-state index is 12.1. The molecule has 0 fully saturated rings. The van der Waals surface area contributed by atoms with Crippen molar-refractivity contribution >= 4 is 22.4 Å². The molecule has 0 spiro atoms. The number of anilines is 1. The fraction of sp³-hybridized carbons (Fsp3) is 0.222. The van der Waals surface area contributed by atoms with Crippen molar-refractivity contribution in [1.82, 2.24) is 14.8 Å². The maximum Gasteiger partial charge on any atom is 0.265 e. The lowest BCUT2D eigenvalue weighted by molar-refractivity contribution is -0.116. The monoisotopic (exact) mass is 370 g/mol. The first-order chi connectivity index (χ1) is 12.4. The van der Waals surface area contributed by atoms with Crippen molar-refractivity contribution in [3.05, 3.63) is 67.5 Å². The molecule has 2 N–H and O–H groups in total. The predicted octanol–water partition coefficient (Wildman–Crippen LogP) is 2.31. The summed E-state index contributed by atoms with van der Waals surface area (Å²) in [5, 5.41) is 7.52. The minimum Gasteiger partial charge on any atom is -0.302 e. The van der Waals surface area contributed by atoms with Crippen molar-refractivity contribution in [1.29, 1.82) is 0 Å². The summed E-state index contributed by atoms with van der Waals surface area (Å²) in [4.78, 5) is 39.4. The second-order valence-corrected chi connectivity index (χ2v) is 6.81. The molecule has 0 saturated heterocycles. The average Bonchev–Trinajstić information content (AvgIpc) is 3.06. The Kier molecular flexibility index (Phi) is 5.13. The van der Waals surface area contributed by atoms with Crippen molar-refractivity contribution in [3.8, 4) is 11.3 Å². The summed E-state index contributed by atoms with van der Waals surface area (Å²) in [6, 6.07) is 8.48. The first kappa shape index (κ1) is 17.8. The number of aryl methyl sites for hydroxylation is 3. The number of thiazole rings is 1. The maximum atomic E-state index is 12.1. The number of carbonyl (C=O) groups excluding carboxylic acids is 1. The first-order valence-corrected chi connectivity index (χ1v) is 8.93. The number of aromatic nitrogens is 3. The molecule has 0 aliphatic carbocycles. The Labute approximate surface area is 153 Å². The van der Waals surface area contributed by atoms with Crippen LogP contribution >= 0.6 is 11.3 Å². The van der Waals surface area contributed by atoms with Crippen LogP contribution in [0, 0.1) is 13.8 Å². The molecule has 0 atom stereocenters. The number of nitrogens with one attached hydrogen (secondary N) is 2. The van der Waals surface area contributed by atoms with Gasteiger partial charge < -0.3 is 5.32 Å². The van der Waals surface area contributed by atoms with Gasteiger partial charge in [-0.1, -0.05) is 17.7 Å². The molecular formula is C18H18N4O3S. The minimum atomic E-state index is -0.386. The number of amides is 1. The lowest BCUT2D eigenvalue weighted by atomic mass is 10.0. The number of aromatic amines is 1. The van der Waals surface area contributed by atoms with Crippen LogP contribution in [-0.4, -0.2) is 20.7 Å². The molecule has 0 radical (unpaired) electrons. The summed E-state index contributed by atoms with van der Waals surface area (Å²) >= 11 is 1.35. The lowest BCUT2D eigenvalue weighted by Crippen LogP contribution is -2.29. The van der Waals surface area contributed by atoms with Crippen LogP contribution in [-0.2, 0) is 11.3 Å². The van der Waals surface area contributed by atoms with Crippen LogP contribution in [0.3, 0.4) is 0 Å². The number of hydrogen-bond acceptors (Lipinski definition) is 5. The van der Waals surface area contributed by atoms with Crippen LogP contribution in [0.5, 0.6) is 0 Å². The van der Waals surface area contributed by atoms with Gasteiger partial charge in [-0.05, 0) is 25.5 Å². The van der Waals surface area contributed by atoms with Crippen LogP contribution < -0.4 is 16.4 Å². The van der Waals surface area contributed by atoms with Gasteiger partial charge in [0.05, 0.1) is 12.2 Å². The molecule has 1 amide bonds. The highest BCUT2D eigenvalue weighted by atomic mass is 32.1. The molecule has 7 nitrogen and oxygen atoms in total. The highest BCUT2D eigenvalue weighted by molar-refractivity contribution is 7.14. The summed E-state index contributed by atoms with van der Waals surface area (Å²) in [6.07, 6.45) is 0.0538. The number of rotatable bonds is 5. The van der Waals surface area contributed by atoms with Gasteiger partial charge in [0.25, 0.3) is 11.1 Å². The fourth-order valence-corrected chi connectivity index (χ4v) is 3.22.